The second-order valence-corrected chi connectivity index (χ2v) is 5.41. The summed E-state index contributed by atoms with van der Waals surface area (Å²) < 4.78 is 0. The van der Waals surface area contributed by atoms with E-state index in [-0.39, 0.29) is 17.7 Å². The quantitative estimate of drug-likeness (QED) is 0.625. The SMILES string of the molecule is CCCNc1ncc(C(N)=O)c(N[C@@H]2CCC[C@H](O)C2)n1. The highest BCUT2D eigenvalue weighted by atomic mass is 16.3. The van der Waals surface area contributed by atoms with Crippen molar-refractivity contribution in [3.05, 3.63) is 11.8 Å². The summed E-state index contributed by atoms with van der Waals surface area (Å²) in [4.78, 5) is 19.9. The number of rotatable bonds is 6. The molecule has 1 aliphatic carbocycles. The van der Waals surface area contributed by atoms with Gasteiger partial charge in [-0.1, -0.05) is 6.92 Å². The number of aromatic nitrogens is 2. The molecule has 1 aromatic rings. The summed E-state index contributed by atoms with van der Waals surface area (Å²) in [5.41, 5.74) is 5.64. The molecule has 0 aromatic carbocycles. The third kappa shape index (κ3) is 4.29. The molecule has 5 N–H and O–H groups in total. The van der Waals surface area contributed by atoms with Gasteiger partial charge in [0.15, 0.2) is 0 Å². The van der Waals surface area contributed by atoms with E-state index >= 15 is 0 Å². The van der Waals surface area contributed by atoms with Crippen molar-refractivity contribution in [1.82, 2.24) is 9.97 Å². The molecule has 0 bridgehead atoms. The van der Waals surface area contributed by atoms with Crippen LogP contribution in [-0.4, -0.2) is 39.7 Å². The van der Waals surface area contributed by atoms with Crippen molar-refractivity contribution < 1.29 is 9.90 Å². The number of hydrogen-bond acceptors (Lipinski definition) is 6. The second kappa shape index (κ2) is 7.21. The topological polar surface area (TPSA) is 113 Å². The molecule has 21 heavy (non-hydrogen) atoms. The highest BCUT2D eigenvalue weighted by molar-refractivity contribution is 5.97. The predicted molar refractivity (Wildman–Crippen MR) is 81.2 cm³/mol. The van der Waals surface area contributed by atoms with Crippen molar-refractivity contribution in [2.75, 3.05) is 17.2 Å². The molecule has 1 heterocycles. The van der Waals surface area contributed by atoms with Crippen LogP contribution in [0.25, 0.3) is 0 Å². The molecular weight excluding hydrogens is 270 g/mol. The standard InChI is InChI=1S/C14H23N5O2/c1-2-6-16-14-17-8-11(12(15)21)13(19-14)18-9-4-3-5-10(20)7-9/h8-10,20H,2-7H2,1H3,(H2,15,21)(H2,16,17,18,19)/t9-,10+/m1/s1. The summed E-state index contributed by atoms with van der Waals surface area (Å²) in [6.07, 6.45) is 5.47. The van der Waals surface area contributed by atoms with Crippen LogP contribution in [0.2, 0.25) is 0 Å². The fourth-order valence-electron chi connectivity index (χ4n) is 2.48. The highest BCUT2D eigenvalue weighted by Crippen LogP contribution is 2.23. The summed E-state index contributed by atoms with van der Waals surface area (Å²) in [6, 6.07) is 0.0979. The van der Waals surface area contributed by atoms with Gasteiger partial charge in [0.25, 0.3) is 5.91 Å². The lowest BCUT2D eigenvalue weighted by Gasteiger charge is -2.27. The normalized spacial score (nSPS) is 21.8. The number of primary amides is 1. The zero-order valence-electron chi connectivity index (χ0n) is 12.3. The van der Waals surface area contributed by atoms with Gasteiger partial charge < -0.3 is 21.5 Å². The van der Waals surface area contributed by atoms with Crippen molar-refractivity contribution in [2.45, 2.75) is 51.2 Å². The Balaban J connectivity index is 2.15. The van der Waals surface area contributed by atoms with Gasteiger partial charge in [-0.25, -0.2) is 4.98 Å². The Hall–Kier alpha value is -1.89. The molecular formula is C14H23N5O2. The molecule has 116 valence electrons. The highest BCUT2D eigenvalue weighted by Gasteiger charge is 2.22. The first-order chi connectivity index (χ1) is 10.1. The number of carbonyl (C=O) groups excluding carboxylic acids is 1. The Kier molecular flexibility index (Phi) is 5.32. The number of nitrogens with two attached hydrogens (primary N) is 1. The van der Waals surface area contributed by atoms with Crippen molar-refractivity contribution in [3.63, 3.8) is 0 Å². The smallest absolute Gasteiger partial charge is 0.254 e. The van der Waals surface area contributed by atoms with Crippen LogP contribution in [0.15, 0.2) is 6.20 Å². The number of nitrogens with one attached hydrogen (secondary N) is 2. The van der Waals surface area contributed by atoms with Gasteiger partial charge in [-0.05, 0) is 32.1 Å². The second-order valence-electron chi connectivity index (χ2n) is 5.41. The number of nitrogens with zero attached hydrogens (tertiary/aromatic N) is 2. The van der Waals surface area contributed by atoms with Crippen LogP contribution in [0, 0.1) is 0 Å². The fraction of sp³-hybridized carbons (Fsp3) is 0.643. The number of hydrogen-bond donors (Lipinski definition) is 4. The Bertz CT molecular complexity index is 494. The first-order valence-corrected chi connectivity index (χ1v) is 7.45. The summed E-state index contributed by atoms with van der Waals surface area (Å²) >= 11 is 0. The van der Waals surface area contributed by atoms with E-state index in [1.54, 1.807) is 0 Å². The lowest BCUT2D eigenvalue weighted by molar-refractivity contribution is 0.100. The molecule has 0 saturated heterocycles. The molecule has 2 rings (SSSR count). The minimum absolute atomic E-state index is 0.0979. The van der Waals surface area contributed by atoms with Crippen molar-refractivity contribution >= 4 is 17.7 Å². The maximum Gasteiger partial charge on any atom is 0.254 e. The van der Waals surface area contributed by atoms with E-state index in [0.29, 0.717) is 18.2 Å². The van der Waals surface area contributed by atoms with Crippen LogP contribution < -0.4 is 16.4 Å². The van der Waals surface area contributed by atoms with Crippen molar-refractivity contribution in [1.29, 1.82) is 0 Å². The predicted octanol–water partition coefficient (Wildman–Crippen LogP) is 1.11. The zero-order chi connectivity index (χ0) is 15.2. The van der Waals surface area contributed by atoms with Crippen molar-refractivity contribution in [3.8, 4) is 0 Å². The van der Waals surface area contributed by atoms with Crippen LogP contribution in [0.5, 0.6) is 0 Å². The fourth-order valence-corrected chi connectivity index (χ4v) is 2.48. The molecule has 1 saturated carbocycles. The molecule has 0 aliphatic heterocycles. The van der Waals surface area contributed by atoms with Gasteiger partial charge >= 0.3 is 0 Å². The number of aliphatic hydroxyl groups excluding tert-OH is 1. The molecule has 7 heteroatoms. The van der Waals surface area contributed by atoms with E-state index in [0.717, 1.165) is 32.2 Å². The van der Waals surface area contributed by atoms with E-state index in [1.165, 1.54) is 6.20 Å². The zero-order valence-corrected chi connectivity index (χ0v) is 12.3. The van der Waals surface area contributed by atoms with Crippen LogP contribution in [0.4, 0.5) is 11.8 Å². The number of aliphatic hydroxyl groups is 1. The van der Waals surface area contributed by atoms with Gasteiger partial charge in [0.2, 0.25) is 5.95 Å². The van der Waals surface area contributed by atoms with Gasteiger partial charge in [0, 0.05) is 18.8 Å². The molecule has 0 spiro atoms. The minimum Gasteiger partial charge on any atom is -0.393 e. The summed E-state index contributed by atoms with van der Waals surface area (Å²) in [5, 5.41) is 16.0. The van der Waals surface area contributed by atoms with E-state index < -0.39 is 5.91 Å². The molecule has 7 nitrogen and oxygen atoms in total. The molecule has 1 aromatic heterocycles. The Morgan fingerprint density at radius 1 is 1.52 bits per heavy atom. The van der Waals surface area contributed by atoms with Crippen LogP contribution >= 0.6 is 0 Å². The maximum absolute atomic E-state index is 11.5. The largest absolute Gasteiger partial charge is 0.393 e. The molecule has 1 amide bonds. The van der Waals surface area contributed by atoms with Gasteiger partial charge in [-0.3, -0.25) is 4.79 Å². The number of carbonyl (C=O) groups is 1. The van der Waals surface area contributed by atoms with Crippen molar-refractivity contribution in [2.24, 2.45) is 5.73 Å². The third-order valence-corrected chi connectivity index (χ3v) is 3.57. The van der Waals surface area contributed by atoms with Gasteiger partial charge in [-0.15, -0.1) is 0 Å². The average Bonchev–Trinajstić information content (AvgIpc) is 2.45. The first-order valence-electron chi connectivity index (χ1n) is 7.45. The minimum atomic E-state index is -0.559. The van der Waals surface area contributed by atoms with E-state index in [4.69, 9.17) is 5.73 Å². The third-order valence-electron chi connectivity index (χ3n) is 3.57. The van der Waals surface area contributed by atoms with Gasteiger partial charge in [-0.2, -0.15) is 4.98 Å². The molecule has 1 aliphatic rings. The summed E-state index contributed by atoms with van der Waals surface area (Å²) in [6.45, 7) is 2.81. The Morgan fingerprint density at radius 3 is 3.00 bits per heavy atom. The van der Waals surface area contributed by atoms with Gasteiger partial charge in [0.1, 0.15) is 5.82 Å². The van der Waals surface area contributed by atoms with Crippen LogP contribution in [-0.2, 0) is 0 Å². The van der Waals surface area contributed by atoms with Gasteiger partial charge in [0.05, 0.1) is 11.7 Å². The number of amides is 1. The molecule has 1 fully saturated rings. The lowest BCUT2D eigenvalue weighted by atomic mass is 9.93. The summed E-state index contributed by atoms with van der Waals surface area (Å²) in [7, 11) is 0. The van der Waals surface area contributed by atoms with Crippen LogP contribution in [0.1, 0.15) is 49.4 Å². The Labute approximate surface area is 124 Å². The molecule has 0 unspecified atom stereocenters. The monoisotopic (exact) mass is 293 g/mol. The van der Waals surface area contributed by atoms with E-state index in [2.05, 4.69) is 20.6 Å². The first kappa shape index (κ1) is 15.5. The average molecular weight is 293 g/mol. The molecule has 2 atom stereocenters. The van der Waals surface area contributed by atoms with E-state index in [1.807, 2.05) is 6.92 Å². The lowest BCUT2D eigenvalue weighted by Crippen LogP contribution is -2.31. The van der Waals surface area contributed by atoms with Crippen LogP contribution in [0.3, 0.4) is 0 Å². The summed E-state index contributed by atoms with van der Waals surface area (Å²) in [5.74, 6) is 0.354. The number of anilines is 2. The Morgan fingerprint density at radius 2 is 2.33 bits per heavy atom. The maximum atomic E-state index is 11.5. The molecule has 0 radical (unpaired) electrons. The van der Waals surface area contributed by atoms with E-state index in [9.17, 15) is 9.90 Å².